The summed E-state index contributed by atoms with van der Waals surface area (Å²) in [6, 6.07) is 0. The molecule has 0 unspecified atom stereocenters. The Labute approximate surface area is 86.4 Å². The molecule has 1 aliphatic rings. The van der Waals surface area contributed by atoms with Gasteiger partial charge in [0.15, 0.2) is 6.29 Å². The van der Waals surface area contributed by atoms with E-state index in [-0.39, 0.29) is 12.9 Å². The molecular formula is C11H22O3. The Hall–Kier alpha value is -0.120. The standard InChI is InChI=1S/C11H22O3/c1-3-9-8-14-11(13-4-2)7-10(9)5-6-12/h9-12H,3-8H2,1-2H3/t9-,10-,11+/m0/s1. The average molecular weight is 202 g/mol. The smallest absolute Gasteiger partial charge is 0.157 e. The number of aliphatic hydroxyl groups excluding tert-OH is 1. The molecule has 0 aromatic heterocycles. The predicted molar refractivity (Wildman–Crippen MR) is 55.0 cm³/mol. The van der Waals surface area contributed by atoms with E-state index in [9.17, 15) is 0 Å². The van der Waals surface area contributed by atoms with Gasteiger partial charge in [0, 0.05) is 19.6 Å². The predicted octanol–water partition coefficient (Wildman–Crippen LogP) is 1.79. The molecule has 0 spiro atoms. The largest absolute Gasteiger partial charge is 0.396 e. The molecular weight excluding hydrogens is 180 g/mol. The van der Waals surface area contributed by atoms with Gasteiger partial charge in [0.25, 0.3) is 0 Å². The molecule has 1 rings (SSSR count). The van der Waals surface area contributed by atoms with Crippen LogP contribution < -0.4 is 0 Å². The summed E-state index contributed by atoms with van der Waals surface area (Å²) in [5.74, 6) is 1.16. The van der Waals surface area contributed by atoms with Crippen molar-refractivity contribution < 1.29 is 14.6 Å². The van der Waals surface area contributed by atoms with Crippen LogP contribution in [0.4, 0.5) is 0 Å². The Kier molecular flexibility index (Phi) is 5.45. The van der Waals surface area contributed by atoms with E-state index in [0.717, 1.165) is 25.9 Å². The van der Waals surface area contributed by atoms with Gasteiger partial charge >= 0.3 is 0 Å². The molecule has 0 aliphatic carbocycles. The van der Waals surface area contributed by atoms with Crippen LogP contribution in [0.5, 0.6) is 0 Å². The van der Waals surface area contributed by atoms with Crippen LogP contribution in [0.25, 0.3) is 0 Å². The summed E-state index contributed by atoms with van der Waals surface area (Å²) in [7, 11) is 0. The van der Waals surface area contributed by atoms with Gasteiger partial charge in [0.1, 0.15) is 0 Å². The average Bonchev–Trinajstić information content (AvgIpc) is 2.19. The summed E-state index contributed by atoms with van der Waals surface area (Å²) in [5.41, 5.74) is 0. The summed E-state index contributed by atoms with van der Waals surface area (Å²) in [6.07, 6.45) is 2.90. The molecule has 0 radical (unpaired) electrons. The van der Waals surface area contributed by atoms with Crippen LogP contribution in [-0.2, 0) is 9.47 Å². The van der Waals surface area contributed by atoms with Crippen LogP contribution in [0.2, 0.25) is 0 Å². The monoisotopic (exact) mass is 202 g/mol. The zero-order valence-corrected chi connectivity index (χ0v) is 9.24. The van der Waals surface area contributed by atoms with E-state index in [1.165, 1.54) is 0 Å². The third-order valence-corrected chi connectivity index (χ3v) is 3.03. The quantitative estimate of drug-likeness (QED) is 0.738. The fourth-order valence-electron chi connectivity index (χ4n) is 2.15. The lowest BCUT2D eigenvalue weighted by Crippen LogP contribution is -2.35. The number of ether oxygens (including phenoxy) is 2. The molecule has 0 bridgehead atoms. The third kappa shape index (κ3) is 3.23. The maximum atomic E-state index is 8.97. The van der Waals surface area contributed by atoms with Crippen molar-refractivity contribution in [2.45, 2.75) is 39.4 Å². The van der Waals surface area contributed by atoms with Gasteiger partial charge in [-0.05, 0) is 25.2 Å². The van der Waals surface area contributed by atoms with Gasteiger partial charge in [-0.25, -0.2) is 0 Å². The van der Waals surface area contributed by atoms with Crippen LogP contribution >= 0.6 is 0 Å². The van der Waals surface area contributed by atoms with E-state index in [0.29, 0.717) is 18.4 Å². The van der Waals surface area contributed by atoms with E-state index in [2.05, 4.69) is 6.92 Å². The van der Waals surface area contributed by atoms with Crippen molar-refractivity contribution in [2.75, 3.05) is 19.8 Å². The Morgan fingerprint density at radius 2 is 2.14 bits per heavy atom. The second-order valence-electron chi connectivity index (χ2n) is 3.89. The molecule has 14 heavy (non-hydrogen) atoms. The van der Waals surface area contributed by atoms with Crippen LogP contribution in [0.15, 0.2) is 0 Å². The lowest BCUT2D eigenvalue weighted by Gasteiger charge is -2.35. The molecule has 0 aromatic rings. The Balaban J connectivity index is 2.39. The minimum absolute atomic E-state index is 0.0423. The maximum Gasteiger partial charge on any atom is 0.157 e. The summed E-state index contributed by atoms with van der Waals surface area (Å²) in [6.45, 7) is 5.93. The van der Waals surface area contributed by atoms with Crippen molar-refractivity contribution in [1.29, 1.82) is 0 Å². The number of aliphatic hydroxyl groups is 1. The van der Waals surface area contributed by atoms with Gasteiger partial charge in [-0.2, -0.15) is 0 Å². The molecule has 1 heterocycles. The van der Waals surface area contributed by atoms with E-state index < -0.39 is 0 Å². The molecule has 0 amide bonds. The third-order valence-electron chi connectivity index (χ3n) is 3.03. The Bertz CT molecular complexity index is 149. The molecule has 84 valence electrons. The fraction of sp³-hybridized carbons (Fsp3) is 1.00. The molecule has 3 nitrogen and oxygen atoms in total. The topological polar surface area (TPSA) is 38.7 Å². The number of rotatable bonds is 5. The highest BCUT2D eigenvalue weighted by Crippen LogP contribution is 2.30. The summed E-state index contributed by atoms with van der Waals surface area (Å²) >= 11 is 0. The van der Waals surface area contributed by atoms with Crippen LogP contribution in [0.3, 0.4) is 0 Å². The number of hydrogen-bond donors (Lipinski definition) is 1. The van der Waals surface area contributed by atoms with Crippen molar-refractivity contribution in [1.82, 2.24) is 0 Å². The van der Waals surface area contributed by atoms with Crippen molar-refractivity contribution in [2.24, 2.45) is 11.8 Å². The number of hydrogen-bond acceptors (Lipinski definition) is 3. The molecule has 0 saturated carbocycles. The van der Waals surface area contributed by atoms with E-state index >= 15 is 0 Å². The molecule has 3 heteroatoms. The first-order valence-electron chi connectivity index (χ1n) is 5.65. The molecule has 3 atom stereocenters. The Morgan fingerprint density at radius 1 is 1.36 bits per heavy atom. The van der Waals surface area contributed by atoms with Crippen molar-refractivity contribution in [3.8, 4) is 0 Å². The first-order chi connectivity index (χ1) is 6.81. The summed E-state index contributed by atoms with van der Waals surface area (Å²) in [5, 5.41) is 8.97. The minimum Gasteiger partial charge on any atom is -0.396 e. The Morgan fingerprint density at radius 3 is 2.71 bits per heavy atom. The SMILES string of the molecule is CCO[C@H]1C[C@H](CCO)[C@@H](CC)CO1. The van der Waals surface area contributed by atoms with E-state index in [4.69, 9.17) is 14.6 Å². The van der Waals surface area contributed by atoms with Gasteiger partial charge in [0.2, 0.25) is 0 Å². The highest BCUT2D eigenvalue weighted by atomic mass is 16.7. The fourth-order valence-corrected chi connectivity index (χ4v) is 2.15. The molecule has 1 saturated heterocycles. The van der Waals surface area contributed by atoms with Crippen LogP contribution in [0.1, 0.15) is 33.1 Å². The summed E-state index contributed by atoms with van der Waals surface area (Å²) in [4.78, 5) is 0. The molecule has 1 fully saturated rings. The highest BCUT2D eigenvalue weighted by Gasteiger charge is 2.29. The first-order valence-corrected chi connectivity index (χ1v) is 5.65. The lowest BCUT2D eigenvalue weighted by molar-refractivity contribution is -0.189. The molecule has 0 aromatic carbocycles. The van der Waals surface area contributed by atoms with Gasteiger partial charge in [-0.3, -0.25) is 0 Å². The second-order valence-corrected chi connectivity index (χ2v) is 3.89. The van der Waals surface area contributed by atoms with Gasteiger partial charge in [0.05, 0.1) is 6.61 Å². The van der Waals surface area contributed by atoms with Crippen LogP contribution in [0, 0.1) is 11.8 Å². The summed E-state index contributed by atoms with van der Waals surface area (Å²) < 4.78 is 11.0. The first kappa shape index (κ1) is 12.0. The van der Waals surface area contributed by atoms with Gasteiger partial charge in [-0.1, -0.05) is 13.3 Å². The molecule has 1 aliphatic heterocycles. The van der Waals surface area contributed by atoms with Crippen molar-refractivity contribution in [3.63, 3.8) is 0 Å². The maximum absolute atomic E-state index is 8.97. The zero-order valence-electron chi connectivity index (χ0n) is 9.24. The molecule has 1 N–H and O–H groups in total. The van der Waals surface area contributed by atoms with Gasteiger partial charge < -0.3 is 14.6 Å². The normalized spacial score (nSPS) is 33.2. The lowest BCUT2D eigenvalue weighted by atomic mass is 9.84. The van der Waals surface area contributed by atoms with Crippen molar-refractivity contribution >= 4 is 0 Å². The second kappa shape index (κ2) is 6.38. The minimum atomic E-state index is -0.0423. The van der Waals surface area contributed by atoms with E-state index in [1.54, 1.807) is 0 Å². The van der Waals surface area contributed by atoms with E-state index in [1.807, 2.05) is 6.92 Å². The van der Waals surface area contributed by atoms with Crippen LogP contribution in [-0.4, -0.2) is 31.2 Å². The zero-order chi connectivity index (χ0) is 10.4. The van der Waals surface area contributed by atoms with Gasteiger partial charge in [-0.15, -0.1) is 0 Å². The van der Waals surface area contributed by atoms with Crippen molar-refractivity contribution in [3.05, 3.63) is 0 Å². The highest BCUT2D eigenvalue weighted by molar-refractivity contribution is 4.74.